The molecule has 124 valence electrons. The minimum absolute atomic E-state index is 0.0336. The van der Waals surface area contributed by atoms with E-state index in [1.165, 1.54) is 13.2 Å². The summed E-state index contributed by atoms with van der Waals surface area (Å²) in [6, 6.07) is 7.70. The fourth-order valence-corrected chi connectivity index (χ4v) is 3.44. The van der Waals surface area contributed by atoms with Crippen molar-refractivity contribution < 1.29 is 21.9 Å². The van der Waals surface area contributed by atoms with E-state index >= 15 is 0 Å². The lowest BCUT2D eigenvalue weighted by Gasteiger charge is -2.11. The van der Waals surface area contributed by atoms with Crippen molar-refractivity contribution in [3.8, 4) is 5.75 Å². The summed E-state index contributed by atoms with van der Waals surface area (Å²) in [5, 5.41) is 0. The monoisotopic (exact) mass is 341 g/mol. The second-order valence-electron chi connectivity index (χ2n) is 5.01. The van der Waals surface area contributed by atoms with Gasteiger partial charge in [0.15, 0.2) is 0 Å². The Morgan fingerprint density at radius 3 is 2.52 bits per heavy atom. The number of hydrogen-bond donors (Lipinski definition) is 1. The maximum Gasteiger partial charge on any atom is 0.240 e. The SMILES string of the molecule is COc1ccc(S(=O)(=O)NCCc2cc(F)ccc2F)c(C)c1. The minimum Gasteiger partial charge on any atom is -0.497 e. The van der Waals surface area contributed by atoms with Gasteiger partial charge in [-0.2, -0.15) is 0 Å². The van der Waals surface area contributed by atoms with E-state index in [0.29, 0.717) is 11.3 Å². The summed E-state index contributed by atoms with van der Waals surface area (Å²) in [7, 11) is -2.24. The number of rotatable bonds is 6. The molecule has 4 nitrogen and oxygen atoms in total. The summed E-state index contributed by atoms with van der Waals surface area (Å²) >= 11 is 0. The predicted molar refractivity (Wildman–Crippen MR) is 83.0 cm³/mol. The highest BCUT2D eigenvalue weighted by molar-refractivity contribution is 7.89. The molecule has 0 amide bonds. The van der Waals surface area contributed by atoms with Crippen LogP contribution in [0.4, 0.5) is 8.78 Å². The lowest BCUT2D eigenvalue weighted by molar-refractivity contribution is 0.414. The summed E-state index contributed by atoms with van der Waals surface area (Å²) in [5.41, 5.74) is 0.660. The Labute approximate surface area is 134 Å². The third-order valence-corrected chi connectivity index (χ3v) is 4.99. The molecule has 0 saturated heterocycles. The molecule has 2 aromatic rings. The molecule has 0 fully saturated rings. The number of aryl methyl sites for hydroxylation is 1. The molecule has 0 saturated carbocycles. The van der Waals surface area contributed by atoms with Crippen molar-refractivity contribution in [1.82, 2.24) is 4.72 Å². The molecular formula is C16H17F2NO3S. The topological polar surface area (TPSA) is 55.4 Å². The van der Waals surface area contributed by atoms with E-state index in [0.717, 1.165) is 18.2 Å². The van der Waals surface area contributed by atoms with Crippen molar-refractivity contribution in [2.24, 2.45) is 0 Å². The molecule has 0 aliphatic carbocycles. The van der Waals surface area contributed by atoms with Gasteiger partial charge in [0.2, 0.25) is 10.0 Å². The Morgan fingerprint density at radius 2 is 1.87 bits per heavy atom. The third kappa shape index (κ3) is 4.27. The predicted octanol–water partition coefficient (Wildman–Crippen LogP) is 2.80. The highest BCUT2D eigenvalue weighted by Gasteiger charge is 2.17. The van der Waals surface area contributed by atoms with Crippen molar-refractivity contribution in [2.75, 3.05) is 13.7 Å². The zero-order chi connectivity index (χ0) is 17.0. The average molecular weight is 341 g/mol. The van der Waals surface area contributed by atoms with Gasteiger partial charge in [0.25, 0.3) is 0 Å². The third-order valence-electron chi connectivity index (χ3n) is 3.37. The van der Waals surface area contributed by atoms with Crippen LogP contribution in [0.3, 0.4) is 0 Å². The molecule has 0 aliphatic heterocycles. The molecule has 1 N–H and O–H groups in total. The molecule has 7 heteroatoms. The summed E-state index contributed by atoms with van der Waals surface area (Å²) in [6.07, 6.45) is 0.0536. The smallest absolute Gasteiger partial charge is 0.240 e. The van der Waals surface area contributed by atoms with Gasteiger partial charge in [-0.15, -0.1) is 0 Å². The highest BCUT2D eigenvalue weighted by Crippen LogP contribution is 2.20. The Balaban J connectivity index is 2.08. The normalized spacial score (nSPS) is 11.5. The average Bonchev–Trinajstić information content (AvgIpc) is 2.50. The van der Waals surface area contributed by atoms with Crippen LogP contribution in [0.25, 0.3) is 0 Å². The molecule has 0 radical (unpaired) electrons. The van der Waals surface area contributed by atoms with E-state index in [-0.39, 0.29) is 23.4 Å². The molecule has 0 bridgehead atoms. The zero-order valence-electron chi connectivity index (χ0n) is 12.8. The van der Waals surface area contributed by atoms with Gasteiger partial charge in [-0.1, -0.05) is 0 Å². The second kappa shape index (κ2) is 7.06. The first-order valence-corrected chi connectivity index (χ1v) is 8.40. The molecule has 0 aliphatic rings. The van der Waals surface area contributed by atoms with Crippen molar-refractivity contribution in [1.29, 1.82) is 0 Å². The van der Waals surface area contributed by atoms with Crippen LogP contribution < -0.4 is 9.46 Å². The first-order chi connectivity index (χ1) is 10.8. The molecule has 2 aromatic carbocycles. The quantitative estimate of drug-likeness (QED) is 0.879. The van der Waals surface area contributed by atoms with Crippen molar-refractivity contribution in [2.45, 2.75) is 18.2 Å². The largest absolute Gasteiger partial charge is 0.497 e. The molecule has 2 rings (SSSR count). The van der Waals surface area contributed by atoms with E-state index in [4.69, 9.17) is 4.74 Å². The molecule has 0 aromatic heterocycles. The number of halogens is 2. The van der Waals surface area contributed by atoms with Crippen LogP contribution in [-0.4, -0.2) is 22.1 Å². The van der Waals surface area contributed by atoms with Crippen LogP contribution in [0.5, 0.6) is 5.75 Å². The number of benzene rings is 2. The summed E-state index contributed by atoms with van der Waals surface area (Å²) in [5.74, 6) is -0.565. The Morgan fingerprint density at radius 1 is 1.13 bits per heavy atom. The van der Waals surface area contributed by atoms with E-state index in [9.17, 15) is 17.2 Å². The first-order valence-electron chi connectivity index (χ1n) is 6.92. The fourth-order valence-electron chi connectivity index (χ4n) is 2.18. The van der Waals surface area contributed by atoms with E-state index in [1.807, 2.05) is 0 Å². The van der Waals surface area contributed by atoms with Crippen molar-refractivity contribution in [3.05, 3.63) is 59.2 Å². The minimum atomic E-state index is -3.73. The Hall–Kier alpha value is -1.99. The lowest BCUT2D eigenvalue weighted by Crippen LogP contribution is -2.26. The van der Waals surface area contributed by atoms with Gasteiger partial charge in [-0.25, -0.2) is 21.9 Å². The molecule has 0 heterocycles. The Bertz CT molecular complexity index is 807. The van der Waals surface area contributed by atoms with Gasteiger partial charge >= 0.3 is 0 Å². The molecule has 23 heavy (non-hydrogen) atoms. The van der Waals surface area contributed by atoms with E-state index in [2.05, 4.69) is 4.72 Å². The van der Waals surface area contributed by atoms with Gasteiger partial charge in [-0.05, 0) is 60.9 Å². The zero-order valence-corrected chi connectivity index (χ0v) is 13.6. The lowest BCUT2D eigenvalue weighted by atomic mass is 10.1. The number of hydrogen-bond acceptors (Lipinski definition) is 3. The van der Waals surface area contributed by atoms with Crippen LogP contribution in [-0.2, 0) is 16.4 Å². The van der Waals surface area contributed by atoms with Gasteiger partial charge < -0.3 is 4.74 Å². The standard InChI is InChI=1S/C16H17F2NO3S/c1-11-9-14(22-2)4-6-16(11)23(20,21)19-8-7-12-10-13(17)3-5-15(12)18/h3-6,9-10,19H,7-8H2,1-2H3. The van der Waals surface area contributed by atoms with Crippen LogP contribution in [0.1, 0.15) is 11.1 Å². The molecule has 0 atom stereocenters. The van der Waals surface area contributed by atoms with Crippen LogP contribution >= 0.6 is 0 Å². The fraction of sp³-hybridized carbons (Fsp3) is 0.250. The Kier molecular flexibility index (Phi) is 5.33. The van der Waals surface area contributed by atoms with Gasteiger partial charge in [0.1, 0.15) is 17.4 Å². The van der Waals surface area contributed by atoms with E-state index in [1.54, 1.807) is 19.1 Å². The molecule has 0 unspecified atom stereocenters. The second-order valence-corrected chi connectivity index (χ2v) is 6.75. The van der Waals surface area contributed by atoms with E-state index < -0.39 is 21.7 Å². The molecule has 0 spiro atoms. The van der Waals surface area contributed by atoms with Crippen molar-refractivity contribution in [3.63, 3.8) is 0 Å². The van der Waals surface area contributed by atoms with Crippen LogP contribution in [0.15, 0.2) is 41.3 Å². The molecular weight excluding hydrogens is 324 g/mol. The maximum absolute atomic E-state index is 13.5. The summed E-state index contributed by atoms with van der Waals surface area (Å²) in [4.78, 5) is 0.123. The number of methoxy groups -OCH3 is 1. The van der Waals surface area contributed by atoms with Crippen molar-refractivity contribution >= 4 is 10.0 Å². The summed E-state index contributed by atoms with van der Waals surface area (Å²) < 4.78 is 58.6. The van der Waals surface area contributed by atoms with Gasteiger partial charge in [-0.3, -0.25) is 0 Å². The van der Waals surface area contributed by atoms with Gasteiger partial charge in [0, 0.05) is 6.54 Å². The number of ether oxygens (including phenoxy) is 1. The number of sulfonamides is 1. The van der Waals surface area contributed by atoms with Gasteiger partial charge in [0.05, 0.1) is 12.0 Å². The summed E-state index contributed by atoms with van der Waals surface area (Å²) in [6.45, 7) is 1.62. The number of nitrogens with one attached hydrogen (secondary N) is 1. The maximum atomic E-state index is 13.5. The van der Waals surface area contributed by atoms with Crippen LogP contribution in [0.2, 0.25) is 0 Å². The van der Waals surface area contributed by atoms with Crippen LogP contribution in [0, 0.1) is 18.6 Å². The highest BCUT2D eigenvalue weighted by atomic mass is 32.2. The first kappa shape index (κ1) is 17.4.